The van der Waals surface area contributed by atoms with Crippen LogP contribution in [0.25, 0.3) is 0 Å². The summed E-state index contributed by atoms with van der Waals surface area (Å²) in [5, 5.41) is 11.6. The number of carbonyl (C=O) groups is 3. The molecule has 2 atom stereocenters. The van der Waals surface area contributed by atoms with Crippen molar-refractivity contribution in [2.45, 2.75) is 142 Å². The van der Waals surface area contributed by atoms with Gasteiger partial charge >= 0.3 is 11.9 Å². The van der Waals surface area contributed by atoms with Crippen LogP contribution in [0.15, 0.2) is 36.5 Å². The van der Waals surface area contributed by atoms with Crippen molar-refractivity contribution < 1.29 is 42.9 Å². The Balaban J connectivity index is 4.64. The highest BCUT2D eigenvalue weighted by Gasteiger charge is 2.21. The maximum atomic E-state index is 12.6. The molecule has 0 spiro atoms. The number of rotatable bonds is 32. The Hall–Kier alpha value is -2.49. The minimum atomic E-state index is -1.62. The molecule has 47 heavy (non-hydrogen) atoms. The standard InChI is InChI=1S/C38H67NO8/c1-6-8-10-12-14-16-17-18-19-21-23-25-27-29-36(41)47-34(33-46-38(37(42)43)44-31-30-39(3,4)5)32-45-35(40)28-26-24-22-20-15-13-11-9-7-2/h8,10,14,16,18-19,34,38H,6-7,9,11-13,15,17,20-33H2,1-5H3/b10-8-,16-14-,19-18-. The van der Waals surface area contributed by atoms with Crippen LogP contribution in [0, 0.1) is 0 Å². The fourth-order valence-corrected chi connectivity index (χ4v) is 4.55. The lowest BCUT2D eigenvalue weighted by atomic mass is 10.1. The van der Waals surface area contributed by atoms with E-state index in [-0.39, 0.29) is 38.6 Å². The first-order chi connectivity index (χ1) is 22.6. The number of carboxylic acid groups (broad SMARTS) is 1. The summed E-state index contributed by atoms with van der Waals surface area (Å²) < 4.78 is 22.3. The van der Waals surface area contributed by atoms with Crippen molar-refractivity contribution in [2.75, 3.05) is 47.5 Å². The number of quaternary nitrogens is 1. The molecule has 0 radical (unpaired) electrons. The zero-order chi connectivity index (χ0) is 35.0. The van der Waals surface area contributed by atoms with Gasteiger partial charge < -0.3 is 33.3 Å². The fourth-order valence-electron chi connectivity index (χ4n) is 4.55. The molecule has 0 aliphatic heterocycles. The molecule has 0 amide bonds. The molecule has 0 aromatic rings. The molecular weight excluding hydrogens is 598 g/mol. The van der Waals surface area contributed by atoms with Gasteiger partial charge in [-0.1, -0.05) is 108 Å². The Morgan fingerprint density at radius 3 is 1.81 bits per heavy atom. The molecule has 0 rings (SSSR count). The van der Waals surface area contributed by atoms with Gasteiger partial charge in [-0.2, -0.15) is 0 Å². The number of carbonyl (C=O) groups excluding carboxylic acids is 3. The Labute approximate surface area is 286 Å². The molecule has 272 valence electrons. The summed E-state index contributed by atoms with van der Waals surface area (Å²) in [5.74, 6) is -2.34. The monoisotopic (exact) mass is 665 g/mol. The van der Waals surface area contributed by atoms with E-state index in [1.807, 2.05) is 21.1 Å². The largest absolute Gasteiger partial charge is 0.545 e. The second-order valence-electron chi connectivity index (χ2n) is 13.1. The highest BCUT2D eigenvalue weighted by atomic mass is 16.7. The van der Waals surface area contributed by atoms with E-state index in [0.29, 0.717) is 17.4 Å². The first-order valence-electron chi connectivity index (χ1n) is 18.1. The van der Waals surface area contributed by atoms with Gasteiger partial charge in [-0.25, -0.2) is 0 Å². The van der Waals surface area contributed by atoms with E-state index in [4.69, 9.17) is 18.9 Å². The van der Waals surface area contributed by atoms with E-state index >= 15 is 0 Å². The number of hydrogen-bond donors (Lipinski definition) is 0. The van der Waals surface area contributed by atoms with Crippen molar-refractivity contribution in [1.82, 2.24) is 0 Å². The molecule has 0 saturated heterocycles. The number of hydrogen-bond acceptors (Lipinski definition) is 8. The van der Waals surface area contributed by atoms with Crippen molar-refractivity contribution in [2.24, 2.45) is 0 Å². The highest BCUT2D eigenvalue weighted by Crippen LogP contribution is 2.12. The molecule has 0 aliphatic rings. The van der Waals surface area contributed by atoms with Gasteiger partial charge in [-0.05, 0) is 44.9 Å². The average molecular weight is 666 g/mol. The van der Waals surface area contributed by atoms with Gasteiger partial charge in [-0.3, -0.25) is 9.59 Å². The summed E-state index contributed by atoms with van der Waals surface area (Å²) in [6.07, 6.45) is 27.6. The van der Waals surface area contributed by atoms with Crippen molar-refractivity contribution in [3.63, 3.8) is 0 Å². The van der Waals surface area contributed by atoms with Crippen LogP contribution in [0.2, 0.25) is 0 Å². The Morgan fingerprint density at radius 2 is 1.21 bits per heavy atom. The number of allylic oxidation sites excluding steroid dienone is 6. The first-order valence-corrected chi connectivity index (χ1v) is 18.1. The van der Waals surface area contributed by atoms with Crippen LogP contribution in [-0.4, -0.2) is 82.3 Å². The number of ether oxygens (including phenoxy) is 4. The second-order valence-corrected chi connectivity index (χ2v) is 13.1. The van der Waals surface area contributed by atoms with E-state index < -0.39 is 24.3 Å². The van der Waals surface area contributed by atoms with E-state index in [9.17, 15) is 19.5 Å². The molecule has 2 unspecified atom stereocenters. The van der Waals surface area contributed by atoms with Crippen LogP contribution < -0.4 is 5.11 Å². The van der Waals surface area contributed by atoms with E-state index in [1.54, 1.807) is 0 Å². The number of carboxylic acids is 1. The van der Waals surface area contributed by atoms with Crippen LogP contribution in [-0.2, 0) is 33.3 Å². The van der Waals surface area contributed by atoms with Crippen LogP contribution in [0.5, 0.6) is 0 Å². The molecule has 0 aromatic carbocycles. The van der Waals surface area contributed by atoms with Crippen LogP contribution in [0.1, 0.15) is 129 Å². The summed E-state index contributed by atoms with van der Waals surface area (Å²) in [6.45, 7) is 4.53. The van der Waals surface area contributed by atoms with Crippen LogP contribution in [0.4, 0.5) is 0 Å². The third-order valence-electron chi connectivity index (χ3n) is 7.40. The van der Waals surface area contributed by atoms with Gasteiger partial charge in [0.1, 0.15) is 13.2 Å². The van der Waals surface area contributed by atoms with E-state index in [1.165, 1.54) is 38.5 Å². The van der Waals surface area contributed by atoms with E-state index in [2.05, 4.69) is 50.3 Å². The summed E-state index contributed by atoms with van der Waals surface area (Å²) in [5.41, 5.74) is 0. The Morgan fingerprint density at radius 1 is 0.660 bits per heavy atom. The average Bonchev–Trinajstić information content (AvgIpc) is 3.02. The predicted molar refractivity (Wildman–Crippen MR) is 186 cm³/mol. The Kier molecular flexibility index (Phi) is 29.2. The molecular formula is C38H67NO8. The highest BCUT2D eigenvalue weighted by molar-refractivity contribution is 5.70. The van der Waals surface area contributed by atoms with E-state index in [0.717, 1.165) is 57.8 Å². The number of esters is 2. The predicted octanol–water partition coefficient (Wildman–Crippen LogP) is 6.99. The quantitative estimate of drug-likeness (QED) is 0.0249. The molecule has 0 fully saturated rings. The van der Waals surface area contributed by atoms with Crippen molar-refractivity contribution in [3.8, 4) is 0 Å². The lowest BCUT2D eigenvalue weighted by molar-refractivity contribution is -0.870. The third-order valence-corrected chi connectivity index (χ3v) is 7.40. The van der Waals surface area contributed by atoms with Gasteiger partial charge in [-0.15, -0.1) is 0 Å². The van der Waals surface area contributed by atoms with Crippen molar-refractivity contribution in [3.05, 3.63) is 36.5 Å². The molecule has 9 heteroatoms. The maximum Gasteiger partial charge on any atom is 0.306 e. The third kappa shape index (κ3) is 31.9. The minimum Gasteiger partial charge on any atom is -0.545 e. The molecule has 0 N–H and O–H groups in total. The number of unbranched alkanes of at least 4 members (excludes halogenated alkanes) is 11. The van der Waals surface area contributed by atoms with Gasteiger partial charge in [0.15, 0.2) is 12.4 Å². The van der Waals surface area contributed by atoms with Crippen molar-refractivity contribution >= 4 is 17.9 Å². The van der Waals surface area contributed by atoms with Crippen LogP contribution >= 0.6 is 0 Å². The Bertz CT molecular complexity index is 877. The van der Waals surface area contributed by atoms with Crippen LogP contribution in [0.3, 0.4) is 0 Å². The molecule has 0 saturated carbocycles. The van der Waals surface area contributed by atoms with Gasteiger partial charge in [0.05, 0.1) is 40.3 Å². The lowest BCUT2D eigenvalue weighted by Gasteiger charge is -2.26. The zero-order valence-electron chi connectivity index (χ0n) is 30.4. The molecule has 0 heterocycles. The second kappa shape index (κ2) is 30.8. The zero-order valence-corrected chi connectivity index (χ0v) is 30.4. The number of likely N-dealkylation sites (N-methyl/N-ethyl adjacent to an activating group) is 1. The lowest BCUT2D eigenvalue weighted by Crippen LogP contribution is -2.44. The molecule has 9 nitrogen and oxygen atoms in total. The summed E-state index contributed by atoms with van der Waals surface area (Å²) >= 11 is 0. The molecule has 0 aromatic heterocycles. The van der Waals surface area contributed by atoms with Gasteiger partial charge in [0.25, 0.3) is 0 Å². The molecule has 0 bridgehead atoms. The summed E-state index contributed by atoms with van der Waals surface area (Å²) in [4.78, 5) is 36.6. The number of nitrogens with zero attached hydrogens (tertiary/aromatic N) is 1. The number of aliphatic carboxylic acids is 1. The summed E-state index contributed by atoms with van der Waals surface area (Å²) in [7, 11) is 5.88. The smallest absolute Gasteiger partial charge is 0.306 e. The van der Waals surface area contributed by atoms with Gasteiger partial charge in [0, 0.05) is 12.8 Å². The topological polar surface area (TPSA) is 111 Å². The maximum absolute atomic E-state index is 12.6. The molecule has 0 aliphatic carbocycles. The summed E-state index contributed by atoms with van der Waals surface area (Å²) in [6, 6.07) is 0. The van der Waals surface area contributed by atoms with Gasteiger partial charge in [0.2, 0.25) is 0 Å². The first kappa shape index (κ1) is 44.5. The normalized spacial score (nSPS) is 13.5. The minimum absolute atomic E-state index is 0.142. The fraction of sp³-hybridized carbons (Fsp3) is 0.763. The van der Waals surface area contributed by atoms with Crippen molar-refractivity contribution in [1.29, 1.82) is 0 Å². The SMILES string of the molecule is CC/C=C\C/C=C\C/C=C\CCCCCC(=O)OC(COC(=O)CCCCCCCCCCC)COC(OCC[N+](C)(C)C)C(=O)[O-].